The number of nitrogens with one attached hydrogen (secondary N) is 2. The highest BCUT2D eigenvalue weighted by Gasteiger charge is 2.31. The van der Waals surface area contributed by atoms with Crippen LogP contribution in [0.15, 0.2) is 54.7 Å². The molecule has 1 aliphatic rings. The van der Waals surface area contributed by atoms with E-state index in [0.717, 1.165) is 42.8 Å². The predicted molar refractivity (Wildman–Crippen MR) is 124 cm³/mol. The minimum absolute atomic E-state index is 0.0720. The molecule has 34 heavy (non-hydrogen) atoms. The van der Waals surface area contributed by atoms with E-state index in [4.69, 9.17) is 4.74 Å². The van der Waals surface area contributed by atoms with Crippen molar-refractivity contribution in [1.29, 1.82) is 0 Å². The summed E-state index contributed by atoms with van der Waals surface area (Å²) < 4.78 is 46.8. The number of aryl methyl sites for hydroxylation is 1. The molecule has 180 valence electrons. The number of hydrogen-bond donors (Lipinski definition) is 2. The molecule has 0 spiro atoms. The Kier molecular flexibility index (Phi) is 7.21. The van der Waals surface area contributed by atoms with Crippen LogP contribution < -0.4 is 15.4 Å². The Morgan fingerprint density at radius 2 is 2.06 bits per heavy atom. The van der Waals surface area contributed by atoms with E-state index in [0.29, 0.717) is 24.1 Å². The maximum atomic E-state index is 13.0. The fourth-order valence-corrected chi connectivity index (χ4v) is 4.09. The average molecular weight is 473 g/mol. The first kappa shape index (κ1) is 23.8. The van der Waals surface area contributed by atoms with Gasteiger partial charge in [-0.3, -0.25) is 9.48 Å². The molecule has 0 radical (unpaired) electrons. The first-order valence-electron chi connectivity index (χ1n) is 11.3. The number of aromatic nitrogens is 2. The molecule has 6 nitrogen and oxygen atoms in total. The largest absolute Gasteiger partial charge is 0.493 e. The van der Waals surface area contributed by atoms with E-state index in [1.165, 1.54) is 25.0 Å². The Morgan fingerprint density at radius 1 is 1.21 bits per heavy atom. The summed E-state index contributed by atoms with van der Waals surface area (Å²) in [6, 6.07) is 11.8. The second-order valence-corrected chi connectivity index (χ2v) is 8.37. The lowest BCUT2D eigenvalue weighted by Crippen LogP contribution is -2.35. The highest BCUT2D eigenvalue weighted by Crippen LogP contribution is 2.33. The number of ether oxygens (including phenoxy) is 1. The molecule has 1 aliphatic heterocycles. The van der Waals surface area contributed by atoms with Gasteiger partial charge in [0, 0.05) is 36.1 Å². The fraction of sp³-hybridized carbons (Fsp3) is 0.360. The van der Waals surface area contributed by atoms with Gasteiger partial charge >= 0.3 is 6.18 Å². The fourth-order valence-electron chi connectivity index (χ4n) is 4.09. The van der Waals surface area contributed by atoms with Gasteiger partial charge in [-0.1, -0.05) is 12.5 Å². The highest BCUT2D eigenvalue weighted by atomic mass is 19.4. The van der Waals surface area contributed by atoms with Crippen LogP contribution >= 0.6 is 0 Å². The van der Waals surface area contributed by atoms with Crippen LogP contribution in [-0.2, 0) is 13.2 Å². The van der Waals surface area contributed by atoms with Crippen LogP contribution in [0.5, 0.6) is 5.75 Å². The van der Waals surface area contributed by atoms with E-state index in [1.54, 1.807) is 36.1 Å². The zero-order valence-corrected chi connectivity index (χ0v) is 18.9. The molecule has 0 bridgehead atoms. The third-order valence-electron chi connectivity index (χ3n) is 5.92. The number of rotatable bonds is 7. The predicted octanol–water partition coefficient (Wildman–Crippen LogP) is 5.27. The Balaban J connectivity index is 1.52. The number of anilines is 1. The summed E-state index contributed by atoms with van der Waals surface area (Å²) in [5, 5.41) is 10.4. The van der Waals surface area contributed by atoms with Crippen molar-refractivity contribution < 1.29 is 22.7 Å². The maximum absolute atomic E-state index is 13.0. The molecule has 9 heteroatoms. The second-order valence-electron chi connectivity index (χ2n) is 8.37. The first-order chi connectivity index (χ1) is 16.3. The van der Waals surface area contributed by atoms with Crippen molar-refractivity contribution in [2.75, 3.05) is 18.5 Å². The summed E-state index contributed by atoms with van der Waals surface area (Å²) in [5.74, 6) is 0.0237. The summed E-state index contributed by atoms with van der Waals surface area (Å²) in [6.45, 7) is 1.57. The van der Waals surface area contributed by atoms with Crippen molar-refractivity contribution in [1.82, 2.24) is 15.1 Å². The number of amides is 1. The number of carbonyl (C=O) groups is 1. The van der Waals surface area contributed by atoms with Crippen molar-refractivity contribution in [2.24, 2.45) is 7.05 Å². The molecule has 2 aromatic carbocycles. The second kappa shape index (κ2) is 10.3. The molecule has 1 amide bonds. The van der Waals surface area contributed by atoms with E-state index in [9.17, 15) is 18.0 Å². The topological polar surface area (TPSA) is 68.2 Å². The van der Waals surface area contributed by atoms with Crippen LogP contribution in [0.4, 0.5) is 18.9 Å². The van der Waals surface area contributed by atoms with Crippen LogP contribution in [-0.4, -0.2) is 34.9 Å². The highest BCUT2D eigenvalue weighted by molar-refractivity contribution is 6.04. The van der Waals surface area contributed by atoms with Gasteiger partial charge in [-0.2, -0.15) is 18.3 Å². The summed E-state index contributed by atoms with van der Waals surface area (Å²) in [6.07, 6.45) is 1.60. The molecule has 1 atom stereocenters. The third-order valence-corrected chi connectivity index (χ3v) is 5.92. The zero-order valence-electron chi connectivity index (χ0n) is 18.9. The van der Waals surface area contributed by atoms with Gasteiger partial charge in [0.05, 0.1) is 17.9 Å². The minimum Gasteiger partial charge on any atom is -0.493 e. The Bertz CT molecular complexity index is 1140. The summed E-state index contributed by atoms with van der Waals surface area (Å²) >= 11 is 0. The normalized spacial score (nSPS) is 16.3. The number of nitrogens with zero attached hydrogens (tertiary/aromatic N) is 2. The average Bonchev–Trinajstić information content (AvgIpc) is 3.25. The Hall–Kier alpha value is -3.33. The Labute approximate surface area is 196 Å². The van der Waals surface area contributed by atoms with Crippen LogP contribution in [0.1, 0.15) is 41.6 Å². The lowest BCUT2D eigenvalue weighted by atomic mass is 10.0. The van der Waals surface area contributed by atoms with E-state index < -0.39 is 17.6 Å². The van der Waals surface area contributed by atoms with Crippen molar-refractivity contribution in [3.8, 4) is 17.0 Å². The van der Waals surface area contributed by atoms with Gasteiger partial charge in [-0.15, -0.1) is 0 Å². The van der Waals surface area contributed by atoms with E-state index in [1.807, 2.05) is 6.07 Å². The van der Waals surface area contributed by atoms with Crippen LogP contribution in [0.2, 0.25) is 0 Å². The molecule has 3 aromatic rings. The molecule has 2 N–H and O–H groups in total. The summed E-state index contributed by atoms with van der Waals surface area (Å²) in [5.41, 5.74) is 1.03. The lowest BCUT2D eigenvalue weighted by Gasteiger charge is -2.23. The van der Waals surface area contributed by atoms with Crippen molar-refractivity contribution >= 4 is 11.6 Å². The molecule has 1 fully saturated rings. The van der Waals surface area contributed by atoms with Gasteiger partial charge in [0.2, 0.25) is 0 Å². The number of alkyl halides is 3. The molecule has 0 saturated carbocycles. The van der Waals surface area contributed by atoms with Crippen molar-refractivity contribution in [3.63, 3.8) is 0 Å². The zero-order chi connectivity index (χ0) is 24.1. The van der Waals surface area contributed by atoms with E-state index in [-0.39, 0.29) is 5.56 Å². The van der Waals surface area contributed by atoms with Gasteiger partial charge in [0.25, 0.3) is 5.91 Å². The SMILES string of the molecule is Cn1nccc1-c1cc(NC(=O)c2cccc(C(F)(F)F)c2)ccc1OCCC1CCCCN1. The molecule has 0 aliphatic carbocycles. The van der Waals surface area contributed by atoms with Crippen LogP contribution in [0, 0.1) is 0 Å². The monoisotopic (exact) mass is 472 g/mol. The number of benzene rings is 2. The number of carbonyl (C=O) groups excluding carboxylic acids is 1. The summed E-state index contributed by atoms with van der Waals surface area (Å²) in [7, 11) is 1.80. The number of hydrogen-bond acceptors (Lipinski definition) is 4. The van der Waals surface area contributed by atoms with Crippen LogP contribution in [0.3, 0.4) is 0 Å². The third kappa shape index (κ3) is 5.77. The summed E-state index contributed by atoms with van der Waals surface area (Å²) in [4.78, 5) is 12.7. The van der Waals surface area contributed by atoms with E-state index in [2.05, 4.69) is 15.7 Å². The Morgan fingerprint density at radius 3 is 2.76 bits per heavy atom. The number of halogens is 3. The molecule has 1 aromatic heterocycles. The standard InChI is InChI=1S/C25H27F3N4O2/c1-32-22(10-13-30-32)21-16-20(8-9-23(21)34-14-11-19-7-2-3-12-29-19)31-24(33)17-5-4-6-18(15-17)25(26,27)28/h4-6,8-10,13,15-16,19,29H,2-3,7,11-12,14H2,1H3,(H,31,33). The first-order valence-corrected chi connectivity index (χ1v) is 11.3. The smallest absolute Gasteiger partial charge is 0.416 e. The quantitative estimate of drug-likeness (QED) is 0.492. The van der Waals surface area contributed by atoms with Gasteiger partial charge in [0.15, 0.2) is 0 Å². The van der Waals surface area contributed by atoms with Crippen molar-refractivity contribution in [2.45, 2.75) is 37.9 Å². The maximum Gasteiger partial charge on any atom is 0.416 e. The molecule has 1 saturated heterocycles. The van der Waals surface area contributed by atoms with Gasteiger partial charge in [-0.05, 0) is 68.3 Å². The van der Waals surface area contributed by atoms with Crippen LogP contribution in [0.25, 0.3) is 11.3 Å². The molecular weight excluding hydrogens is 445 g/mol. The van der Waals surface area contributed by atoms with E-state index >= 15 is 0 Å². The molecule has 4 rings (SSSR count). The molecular formula is C25H27F3N4O2. The van der Waals surface area contributed by atoms with Gasteiger partial charge in [-0.25, -0.2) is 0 Å². The molecule has 2 heterocycles. The van der Waals surface area contributed by atoms with Gasteiger partial charge < -0.3 is 15.4 Å². The molecule has 1 unspecified atom stereocenters. The minimum atomic E-state index is -4.52. The lowest BCUT2D eigenvalue weighted by molar-refractivity contribution is -0.137. The number of piperidine rings is 1. The van der Waals surface area contributed by atoms with Gasteiger partial charge in [0.1, 0.15) is 5.75 Å². The van der Waals surface area contributed by atoms with Crippen molar-refractivity contribution in [3.05, 3.63) is 65.9 Å².